The fraction of sp³-hybridized carbons (Fsp3) is 0.692. The third-order valence-corrected chi connectivity index (χ3v) is 6.15. The Kier molecular flexibility index (Phi) is 3.32. The quantitative estimate of drug-likeness (QED) is 0.901. The number of nitrogens with zero attached hydrogens (tertiary/aromatic N) is 1. The first-order valence-electron chi connectivity index (χ1n) is 6.39. The second-order valence-corrected chi connectivity index (χ2v) is 7.96. The van der Waals surface area contributed by atoms with Crippen LogP contribution in [0.2, 0.25) is 0 Å². The molecule has 3 heterocycles. The number of thiophene rings is 1. The normalized spacial score (nSPS) is 31.4. The van der Waals surface area contributed by atoms with Crippen molar-refractivity contribution in [3.8, 4) is 0 Å². The Bertz CT molecular complexity index is 398. The highest BCUT2D eigenvalue weighted by atomic mass is 79.9. The largest absolute Gasteiger partial charge is 0.316 e. The van der Waals surface area contributed by atoms with Crippen LogP contribution >= 0.6 is 27.3 Å². The van der Waals surface area contributed by atoms with Gasteiger partial charge in [-0.25, -0.2) is 0 Å². The van der Waals surface area contributed by atoms with Crippen LogP contribution in [-0.2, 0) is 0 Å². The van der Waals surface area contributed by atoms with E-state index in [1.54, 1.807) is 0 Å². The van der Waals surface area contributed by atoms with Crippen LogP contribution < -0.4 is 5.32 Å². The number of hydrogen-bond acceptors (Lipinski definition) is 3. The lowest BCUT2D eigenvalue weighted by Crippen LogP contribution is -2.30. The highest BCUT2D eigenvalue weighted by Crippen LogP contribution is 2.40. The Balaban J connectivity index is 1.70. The van der Waals surface area contributed by atoms with E-state index in [0.717, 1.165) is 0 Å². The maximum Gasteiger partial charge on any atom is 0.0701 e. The average molecular weight is 315 g/mol. The standard InChI is InChI=1S/C13H19BrN2S/c1-10(11-2-3-12(14)17-11)16-7-5-13(9-16)4-6-15-8-13/h2-3,10,15H,4-9H2,1H3. The van der Waals surface area contributed by atoms with Gasteiger partial charge in [-0.2, -0.15) is 0 Å². The first-order valence-corrected chi connectivity index (χ1v) is 8.00. The number of rotatable bonds is 2. The van der Waals surface area contributed by atoms with E-state index in [9.17, 15) is 0 Å². The molecular weight excluding hydrogens is 296 g/mol. The van der Waals surface area contributed by atoms with Gasteiger partial charge in [-0.15, -0.1) is 11.3 Å². The zero-order chi connectivity index (χ0) is 11.9. The summed E-state index contributed by atoms with van der Waals surface area (Å²) in [4.78, 5) is 4.14. The molecule has 0 aliphatic carbocycles. The topological polar surface area (TPSA) is 15.3 Å². The van der Waals surface area contributed by atoms with Gasteiger partial charge in [0.15, 0.2) is 0 Å². The van der Waals surface area contributed by atoms with Crippen molar-refractivity contribution in [2.75, 3.05) is 26.2 Å². The lowest BCUT2D eigenvalue weighted by molar-refractivity contribution is 0.226. The molecule has 2 nitrogen and oxygen atoms in total. The zero-order valence-electron chi connectivity index (χ0n) is 10.2. The van der Waals surface area contributed by atoms with E-state index in [1.165, 1.54) is 47.7 Å². The summed E-state index contributed by atoms with van der Waals surface area (Å²) in [6.07, 6.45) is 2.74. The van der Waals surface area contributed by atoms with Crippen LogP contribution in [0.4, 0.5) is 0 Å². The minimum absolute atomic E-state index is 0.575. The molecule has 1 aromatic heterocycles. The summed E-state index contributed by atoms with van der Waals surface area (Å²) >= 11 is 5.43. The summed E-state index contributed by atoms with van der Waals surface area (Å²) in [6.45, 7) is 7.33. The van der Waals surface area contributed by atoms with Gasteiger partial charge in [-0.1, -0.05) is 0 Å². The molecule has 94 valence electrons. The molecule has 0 bridgehead atoms. The molecule has 4 heteroatoms. The van der Waals surface area contributed by atoms with Crippen molar-refractivity contribution in [1.82, 2.24) is 10.2 Å². The van der Waals surface area contributed by atoms with Crippen LogP contribution in [0.25, 0.3) is 0 Å². The SMILES string of the molecule is CC(c1ccc(Br)s1)N1CCC2(CCNC2)C1. The van der Waals surface area contributed by atoms with Crippen molar-refractivity contribution in [1.29, 1.82) is 0 Å². The van der Waals surface area contributed by atoms with Gasteiger partial charge < -0.3 is 5.32 Å². The smallest absolute Gasteiger partial charge is 0.0701 e. The number of hydrogen-bond donors (Lipinski definition) is 1. The summed E-state index contributed by atoms with van der Waals surface area (Å²) in [7, 11) is 0. The Labute approximate surface area is 116 Å². The summed E-state index contributed by atoms with van der Waals surface area (Å²) in [5.41, 5.74) is 0.586. The third kappa shape index (κ3) is 2.33. The molecule has 2 unspecified atom stereocenters. The van der Waals surface area contributed by atoms with Crippen molar-refractivity contribution in [2.45, 2.75) is 25.8 Å². The highest BCUT2D eigenvalue weighted by molar-refractivity contribution is 9.11. The van der Waals surface area contributed by atoms with Gasteiger partial charge >= 0.3 is 0 Å². The van der Waals surface area contributed by atoms with Gasteiger partial charge in [0.25, 0.3) is 0 Å². The predicted molar refractivity (Wildman–Crippen MR) is 76.5 cm³/mol. The second kappa shape index (κ2) is 4.65. The van der Waals surface area contributed by atoms with Gasteiger partial charge in [-0.05, 0) is 66.3 Å². The molecule has 0 amide bonds. The van der Waals surface area contributed by atoms with E-state index < -0.39 is 0 Å². The molecule has 2 atom stereocenters. The molecule has 1 N–H and O–H groups in total. The molecule has 0 aromatic carbocycles. The molecule has 2 saturated heterocycles. The van der Waals surface area contributed by atoms with Crippen LogP contribution in [-0.4, -0.2) is 31.1 Å². The molecule has 17 heavy (non-hydrogen) atoms. The summed E-state index contributed by atoms with van der Waals surface area (Å²) in [5.74, 6) is 0. The fourth-order valence-corrected chi connectivity index (χ4v) is 4.69. The summed E-state index contributed by atoms with van der Waals surface area (Å²) < 4.78 is 1.25. The lowest BCUT2D eigenvalue weighted by atomic mass is 9.86. The van der Waals surface area contributed by atoms with Gasteiger partial charge in [0.2, 0.25) is 0 Å². The summed E-state index contributed by atoms with van der Waals surface area (Å²) in [5, 5.41) is 3.53. The van der Waals surface area contributed by atoms with Crippen LogP contribution in [0.5, 0.6) is 0 Å². The first kappa shape index (κ1) is 12.2. The van der Waals surface area contributed by atoms with Crippen molar-refractivity contribution in [3.63, 3.8) is 0 Å². The summed E-state index contributed by atoms with van der Waals surface area (Å²) in [6, 6.07) is 5.00. The Morgan fingerprint density at radius 2 is 2.35 bits per heavy atom. The molecule has 3 rings (SSSR count). The third-order valence-electron chi connectivity index (χ3n) is 4.35. The molecule has 2 fully saturated rings. The van der Waals surface area contributed by atoms with Gasteiger partial charge in [0.05, 0.1) is 3.79 Å². The van der Waals surface area contributed by atoms with Crippen LogP contribution in [0, 0.1) is 5.41 Å². The molecule has 1 spiro atoms. The van der Waals surface area contributed by atoms with E-state index in [-0.39, 0.29) is 0 Å². The van der Waals surface area contributed by atoms with Crippen molar-refractivity contribution in [2.24, 2.45) is 5.41 Å². The maximum absolute atomic E-state index is 3.56. The van der Waals surface area contributed by atoms with Crippen molar-refractivity contribution < 1.29 is 0 Å². The maximum atomic E-state index is 3.56. The second-order valence-electron chi connectivity index (χ2n) is 5.47. The zero-order valence-corrected chi connectivity index (χ0v) is 12.6. The molecular formula is C13H19BrN2S. The van der Waals surface area contributed by atoms with E-state index in [2.05, 4.69) is 45.2 Å². The van der Waals surface area contributed by atoms with Crippen LogP contribution in [0.3, 0.4) is 0 Å². The van der Waals surface area contributed by atoms with Gasteiger partial charge in [0, 0.05) is 24.0 Å². The van der Waals surface area contributed by atoms with Crippen LogP contribution in [0.15, 0.2) is 15.9 Å². The van der Waals surface area contributed by atoms with E-state index >= 15 is 0 Å². The Morgan fingerprint density at radius 1 is 1.47 bits per heavy atom. The number of halogens is 1. The molecule has 1 aromatic rings. The molecule has 0 radical (unpaired) electrons. The first-order chi connectivity index (χ1) is 8.19. The molecule has 0 saturated carbocycles. The minimum Gasteiger partial charge on any atom is -0.316 e. The van der Waals surface area contributed by atoms with E-state index in [0.29, 0.717) is 11.5 Å². The van der Waals surface area contributed by atoms with Gasteiger partial charge in [-0.3, -0.25) is 4.90 Å². The van der Waals surface area contributed by atoms with Crippen LogP contribution in [0.1, 0.15) is 30.7 Å². The number of nitrogens with one attached hydrogen (secondary N) is 1. The molecule has 2 aliphatic rings. The average Bonchev–Trinajstić information content (AvgIpc) is 3.02. The number of likely N-dealkylation sites (tertiary alicyclic amines) is 1. The monoisotopic (exact) mass is 314 g/mol. The van der Waals surface area contributed by atoms with E-state index in [4.69, 9.17) is 0 Å². The lowest BCUT2D eigenvalue weighted by Gasteiger charge is -2.26. The Hall–Kier alpha value is 0.1000. The van der Waals surface area contributed by atoms with Crippen molar-refractivity contribution >= 4 is 27.3 Å². The highest BCUT2D eigenvalue weighted by Gasteiger charge is 2.41. The predicted octanol–water partition coefficient (Wildman–Crippen LogP) is 3.26. The molecule has 2 aliphatic heterocycles. The van der Waals surface area contributed by atoms with Gasteiger partial charge in [0.1, 0.15) is 0 Å². The van der Waals surface area contributed by atoms with E-state index in [1.807, 2.05) is 11.3 Å². The Morgan fingerprint density at radius 3 is 3.00 bits per heavy atom. The minimum atomic E-state index is 0.575. The fourth-order valence-electron chi connectivity index (χ4n) is 3.18. The van der Waals surface area contributed by atoms with Crippen molar-refractivity contribution in [3.05, 3.63) is 20.8 Å².